The molecule has 0 aromatic heterocycles. The third kappa shape index (κ3) is 30.0. The third-order valence-electron chi connectivity index (χ3n) is 27.4. The molecule has 27 unspecified atom stereocenters. The van der Waals surface area contributed by atoms with E-state index in [0.717, 1.165) is 147 Å². The van der Waals surface area contributed by atoms with E-state index in [2.05, 4.69) is 184 Å². The molecular formula is C90H162O9. The van der Waals surface area contributed by atoms with E-state index in [1.807, 2.05) is 54.7 Å². The average Bonchev–Trinajstić information content (AvgIpc) is 0.841. The van der Waals surface area contributed by atoms with Gasteiger partial charge in [0.05, 0.1) is 54.9 Å². The molecule has 0 aliphatic heterocycles. The van der Waals surface area contributed by atoms with Gasteiger partial charge in [-0.15, -0.1) is 59.2 Å². The Morgan fingerprint density at radius 1 is 0.273 bits per heavy atom. The summed E-state index contributed by atoms with van der Waals surface area (Å²) in [5.74, 6) is 5.02. The Hall–Kier alpha value is -2.70. The molecule has 99 heavy (non-hydrogen) atoms. The van der Waals surface area contributed by atoms with Crippen molar-refractivity contribution in [2.75, 3.05) is 0 Å². The quantitative estimate of drug-likeness (QED) is 0.102. The summed E-state index contributed by atoms with van der Waals surface area (Å²) in [5, 5.41) is 86.2. The summed E-state index contributed by atoms with van der Waals surface area (Å²) >= 11 is 0. The van der Waals surface area contributed by atoms with Gasteiger partial charge in [-0.2, -0.15) is 0 Å². The lowest BCUT2D eigenvalue weighted by Gasteiger charge is -2.40. The average molecular weight is 1390 g/mol. The van der Waals surface area contributed by atoms with E-state index in [-0.39, 0.29) is 104 Å². The number of allylic oxidation sites excluding steroid dienone is 6. The van der Waals surface area contributed by atoms with Crippen molar-refractivity contribution in [1.29, 1.82) is 0 Å². The van der Waals surface area contributed by atoms with Crippen molar-refractivity contribution in [1.82, 2.24) is 0 Å². The molecule has 576 valence electrons. The molecule has 9 heteroatoms. The molecule has 0 aromatic rings. The van der Waals surface area contributed by atoms with Gasteiger partial charge in [0.2, 0.25) is 0 Å². The van der Waals surface area contributed by atoms with E-state index < -0.39 is 0 Å². The summed E-state index contributed by atoms with van der Waals surface area (Å²) in [7, 11) is 0. The second-order valence-corrected chi connectivity index (χ2v) is 36.8. The molecule has 27 atom stereocenters. The molecule has 0 bridgehead atoms. The van der Waals surface area contributed by atoms with Gasteiger partial charge in [-0.3, -0.25) is 0 Å². The smallest absolute Gasteiger partial charge is 0.0653 e. The van der Waals surface area contributed by atoms with Gasteiger partial charge >= 0.3 is 0 Å². The van der Waals surface area contributed by atoms with E-state index in [1.165, 1.54) is 32.1 Å². The summed E-state index contributed by atoms with van der Waals surface area (Å²) in [6.45, 7) is 73.3. The number of aliphatic hydroxyl groups excluding tert-OH is 9. The van der Waals surface area contributed by atoms with Crippen LogP contribution in [0.2, 0.25) is 0 Å². The fraction of sp³-hybridized carbons (Fsp3) is 0.800. The third-order valence-corrected chi connectivity index (χ3v) is 27.4. The molecule has 0 aromatic carbocycles. The van der Waals surface area contributed by atoms with Gasteiger partial charge in [0.15, 0.2) is 0 Å². The van der Waals surface area contributed by atoms with Crippen molar-refractivity contribution in [3.8, 4) is 0 Å². The van der Waals surface area contributed by atoms with Crippen LogP contribution in [-0.2, 0) is 0 Å². The van der Waals surface area contributed by atoms with Crippen LogP contribution in [0.5, 0.6) is 0 Å². The zero-order valence-electron chi connectivity index (χ0n) is 67.6. The lowest BCUT2D eigenvalue weighted by Crippen LogP contribution is -2.39. The number of hydrogen-bond acceptors (Lipinski definition) is 9. The van der Waals surface area contributed by atoms with Gasteiger partial charge in [0, 0.05) is 16.2 Å². The molecule has 9 aliphatic carbocycles. The van der Waals surface area contributed by atoms with Crippen LogP contribution in [0.25, 0.3) is 0 Å². The maximum Gasteiger partial charge on any atom is 0.0653 e. The SMILES string of the molecule is C=CC1(C)CC(C)CC(O)C1.C=CC1(C)CC(C)CCC1O.C=CC1(C)CC(O)CCC1C.C=CC1(C)CCC(C)C(O)C1.C=CC1(C)CCC(C)CC1O.C=CC1(C)CCC(O)C(C)C1.C=CC1(C)CCC(O)CC1C.C=CC1(C)CCCC(C)C1O.C=CC1(C)CCCC(O)C1C. The zero-order chi connectivity index (χ0) is 76.3. The monoisotopic (exact) mass is 1390 g/mol. The topological polar surface area (TPSA) is 182 Å². The van der Waals surface area contributed by atoms with Crippen LogP contribution in [0.1, 0.15) is 298 Å². The Labute approximate surface area is 611 Å². The predicted octanol–water partition coefficient (Wildman–Crippen LogP) is 21.2. The van der Waals surface area contributed by atoms with Crippen molar-refractivity contribution in [3.05, 3.63) is 114 Å². The minimum atomic E-state index is -0.186. The first-order valence-electron chi connectivity index (χ1n) is 39.6. The maximum absolute atomic E-state index is 9.83. The Balaban J connectivity index is 0.000000557. The number of aliphatic hydroxyl groups is 9. The molecule has 0 radical (unpaired) electrons. The molecule has 9 fully saturated rings. The van der Waals surface area contributed by atoms with E-state index >= 15 is 0 Å². The van der Waals surface area contributed by atoms with Crippen LogP contribution >= 0.6 is 0 Å². The predicted molar refractivity (Wildman–Crippen MR) is 426 cm³/mol. The Bertz CT molecular complexity index is 2230. The fourth-order valence-electron chi connectivity index (χ4n) is 17.1. The highest BCUT2D eigenvalue weighted by atomic mass is 16.3. The minimum absolute atomic E-state index is 0.0213. The summed E-state index contributed by atoms with van der Waals surface area (Å²) < 4.78 is 0. The second-order valence-electron chi connectivity index (χ2n) is 36.8. The first-order valence-corrected chi connectivity index (χ1v) is 39.6. The molecule has 0 amide bonds. The molecule has 0 spiro atoms. The van der Waals surface area contributed by atoms with Gasteiger partial charge in [-0.05, 0) is 246 Å². The number of rotatable bonds is 9. The highest BCUT2D eigenvalue weighted by Gasteiger charge is 2.41. The zero-order valence-corrected chi connectivity index (χ0v) is 67.6. The Morgan fingerprint density at radius 3 is 1.24 bits per heavy atom. The summed E-state index contributed by atoms with van der Waals surface area (Å²) in [6.07, 6.45) is 45.0. The minimum Gasteiger partial charge on any atom is -0.393 e. The Morgan fingerprint density at radius 2 is 0.788 bits per heavy atom. The first kappa shape index (κ1) is 94.3. The van der Waals surface area contributed by atoms with Crippen LogP contribution in [0.3, 0.4) is 0 Å². The normalized spacial score (nSPS) is 45.4. The molecule has 9 saturated carbocycles. The van der Waals surface area contributed by atoms with E-state index in [9.17, 15) is 46.0 Å². The van der Waals surface area contributed by atoms with Gasteiger partial charge < -0.3 is 46.0 Å². The van der Waals surface area contributed by atoms with E-state index in [1.54, 1.807) is 0 Å². The van der Waals surface area contributed by atoms with Crippen LogP contribution in [0.15, 0.2) is 114 Å². The van der Waals surface area contributed by atoms with Gasteiger partial charge in [0.25, 0.3) is 0 Å². The van der Waals surface area contributed by atoms with Crippen molar-refractivity contribution in [3.63, 3.8) is 0 Å². The van der Waals surface area contributed by atoms with E-state index in [0.29, 0.717) is 47.3 Å². The van der Waals surface area contributed by atoms with Gasteiger partial charge in [0.1, 0.15) is 0 Å². The standard InChI is InChI=1S/9C10H18O/c1-4-10(3)6-8(2)5-9(11)7-10;1-4-10(3)6-5-9(11)8(2)7-10;1-4-10(3)6-5-9(11)7-8(10)2;1-4-10(3)6-5-8(2)9(11)7-10;1-4-10(3)7-9(11)6-5-8(10)2;1-4-10(3)6-5-8(2)7-9(10)11;1-4-10(3)7-8(2)5-6-9(10)11;1-4-10(3)7-5-6-9(11)8(10)2;1-4-10(3)7-5-6-8(2)9(10)11/h9*4,8-9,11H,1,5-7H2,2-3H3. The molecule has 9 aliphatic rings. The van der Waals surface area contributed by atoms with Gasteiger partial charge in [-0.25, -0.2) is 0 Å². The van der Waals surface area contributed by atoms with Crippen molar-refractivity contribution in [2.45, 2.75) is 353 Å². The van der Waals surface area contributed by atoms with Gasteiger partial charge in [-0.1, -0.05) is 192 Å². The first-order chi connectivity index (χ1) is 45.7. The lowest BCUT2D eigenvalue weighted by atomic mass is 9.67. The van der Waals surface area contributed by atoms with Crippen LogP contribution < -0.4 is 0 Å². The molecule has 0 heterocycles. The van der Waals surface area contributed by atoms with Crippen molar-refractivity contribution >= 4 is 0 Å². The van der Waals surface area contributed by atoms with Crippen molar-refractivity contribution < 1.29 is 46.0 Å². The molecule has 9 nitrogen and oxygen atoms in total. The second kappa shape index (κ2) is 42.4. The fourth-order valence-corrected chi connectivity index (χ4v) is 17.1. The van der Waals surface area contributed by atoms with Crippen LogP contribution in [0, 0.1) is 102 Å². The summed E-state index contributed by atoms with van der Waals surface area (Å²) in [6, 6.07) is 0. The lowest BCUT2D eigenvalue weighted by molar-refractivity contribution is -0.00816. The van der Waals surface area contributed by atoms with Crippen LogP contribution in [-0.4, -0.2) is 101 Å². The van der Waals surface area contributed by atoms with Crippen molar-refractivity contribution in [2.24, 2.45) is 102 Å². The summed E-state index contributed by atoms with van der Waals surface area (Å²) in [5.41, 5.74) is 1.15. The highest BCUT2D eigenvalue weighted by Crippen LogP contribution is 2.47. The largest absolute Gasteiger partial charge is 0.393 e. The molecule has 9 rings (SSSR count). The Kier molecular flexibility index (Phi) is 40.4. The molecular weight excluding hydrogens is 1220 g/mol. The maximum atomic E-state index is 9.83. The molecule has 9 N–H and O–H groups in total. The van der Waals surface area contributed by atoms with E-state index in [4.69, 9.17) is 0 Å². The summed E-state index contributed by atoms with van der Waals surface area (Å²) in [4.78, 5) is 0. The molecule has 0 saturated heterocycles. The number of hydrogen-bond donors (Lipinski definition) is 9. The highest BCUT2D eigenvalue weighted by molar-refractivity contribution is 5.06. The van der Waals surface area contributed by atoms with Crippen LogP contribution in [0.4, 0.5) is 0 Å².